The van der Waals surface area contributed by atoms with E-state index in [0.717, 1.165) is 25.1 Å². The van der Waals surface area contributed by atoms with E-state index >= 15 is 0 Å². The first kappa shape index (κ1) is 13.0. The molecule has 0 radical (unpaired) electrons. The molecule has 1 heterocycles. The lowest BCUT2D eigenvalue weighted by atomic mass is 10.0. The number of aryl methyl sites for hydroxylation is 2. The highest BCUT2D eigenvalue weighted by Gasteiger charge is 2.14. The normalized spacial score (nSPS) is 12.8. The minimum Gasteiger partial charge on any atom is -0.312 e. The molecule has 1 N–H and O–H groups in total. The molecule has 1 aromatic heterocycles. The third kappa shape index (κ3) is 3.20. The topological polar surface area (TPSA) is 29.9 Å². The number of allylic oxidation sites excluding steroid dienone is 1. The van der Waals surface area contributed by atoms with Crippen LogP contribution in [0.2, 0.25) is 0 Å². The molecule has 3 heteroatoms. The summed E-state index contributed by atoms with van der Waals surface area (Å²) in [5.74, 6) is 0. The van der Waals surface area contributed by atoms with Gasteiger partial charge in [-0.2, -0.15) is 5.10 Å². The number of nitrogens with one attached hydrogen (secondary N) is 1. The van der Waals surface area contributed by atoms with Crippen molar-refractivity contribution in [2.45, 2.75) is 46.2 Å². The molecule has 0 bridgehead atoms. The lowest BCUT2D eigenvalue weighted by molar-refractivity contribution is 0.488. The van der Waals surface area contributed by atoms with E-state index in [9.17, 15) is 0 Å². The standard InChI is InChI=1S/C13H23N3/c1-6-16-13(9-11(4)15-16)12(14-5)8-7-10(2)3/h9,12,14H,2,6-8H2,1,3-5H3. The Hall–Kier alpha value is -1.09. The molecule has 0 aliphatic carbocycles. The quantitative estimate of drug-likeness (QED) is 0.749. The number of hydrogen-bond donors (Lipinski definition) is 1. The summed E-state index contributed by atoms with van der Waals surface area (Å²) in [5.41, 5.74) is 3.61. The fourth-order valence-corrected chi connectivity index (χ4v) is 1.93. The average Bonchev–Trinajstić information content (AvgIpc) is 2.60. The zero-order chi connectivity index (χ0) is 12.1. The van der Waals surface area contributed by atoms with Crippen LogP contribution in [0.15, 0.2) is 18.2 Å². The molecule has 1 aromatic rings. The fraction of sp³-hybridized carbons (Fsp3) is 0.615. The summed E-state index contributed by atoms with van der Waals surface area (Å²) in [6.45, 7) is 11.1. The zero-order valence-corrected chi connectivity index (χ0v) is 10.9. The fourth-order valence-electron chi connectivity index (χ4n) is 1.93. The van der Waals surface area contributed by atoms with E-state index in [1.807, 2.05) is 14.0 Å². The molecule has 3 nitrogen and oxygen atoms in total. The van der Waals surface area contributed by atoms with Crippen molar-refractivity contribution in [1.82, 2.24) is 15.1 Å². The van der Waals surface area contributed by atoms with Gasteiger partial charge in [0, 0.05) is 12.6 Å². The second-order valence-electron chi connectivity index (χ2n) is 4.36. The Morgan fingerprint density at radius 2 is 2.31 bits per heavy atom. The van der Waals surface area contributed by atoms with Crippen molar-refractivity contribution in [3.63, 3.8) is 0 Å². The highest BCUT2D eigenvalue weighted by Crippen LogP contribution is 2.21. The molecule has 1 unspecified atom stereocenters. The lowest BCUT2D eigenvalue weighted by Crippen LogP contribution is -2.20. The Morgan fingerprint density at radius 1 is 1.62 bits per heavy atom. The van der Waals surface area contributed by atoms with E-state index in [2.05, 4.69) is 41.6 Å². The van der Waals surface area contributed by atoms with Crippen LogP contribution in [0.3, 0.4) is 0 Å². The maximum Gasteiger partial charge on any atom is 0.0597 e. The van der Waals surface area contributed by atoms with Gasteiger partial charge in [-0.3, -0.25) is 4.68 Å². The van der Waals surface area contributed by atoms with Gasteiger partial charge in [0.2, 0.25) is 0 Å². The summed E-state index contributed by atoms with van der Waals surface area (Å²) in [6, 6.07) is 2.54. The second-order valence-corrected chi connectivity index (χ2v) is 4.36. The summed E-state index contributed by atoms with van der Waals surface area (Å²) >= 11 is 0. The van der Waals surface area contributed by atoms with E-state index in [-0.39, 0.29) is 0 Å². The van der Waals surface area contributed by atoms with Crippen molar-refractivity contribution in [2.75, 3.05) is 7.05 Å². The van der Waals surface area contributed by atoms with Gasteiger partial charge >= 0.3 is 0 Å². The largest absolute Gasteiger partial charge is 0.312 e. The number of rotatable bonds is 6. The lowest BCUT2D eigenvalue weighted by Gasteiger charge is -2.17. The van der Waals surface area contributed by atoms with Gasteiger partial charge in [0.05, 0.1) is 11.4 Å². The molecule has 0 saturated carbocycles. The van der Waals surface area contributed by atoms with Gasteiger partial charge in [-0.05, 0) is 46.7 Å². The second kappa shape index (κ2) is 5.85. The predicted octanol–water partition coefficient (Wildman–Crippen LogP) is 2.83. The van der Waals surface area contributed by atoms with Crippen LogP contribution in [-0.4, -0.2) is 16.8 Å². The molecule has 0 aliphatic heterocycles. The summed E-state index contributed by atoms with van der Waals surface area (Å²) in [5, 5.41) is 7.84. The monoisotopic (exact) mass is 221 g/mol. The van der Waals surface area contributed by atoms with E-state index in [1.165, 1.54) is 11.3 Å². The van der Waals surface area contributed by atoms with Crippen LogP contribution in [0.4, 0.5) is 0 Å². The van der Waals surface area contributed by atoms with Gasteiger partial charge in [0.1, 0.15) is 0 Å². The molecule has 1 rings (SSSR count). The van der Waals surface area contributed by atoms with Crippen molar-refractivity contribution in [3.8, 4) is 0 Å². The van der Waals surface area contributed by atoms with Gasteiger partial charge in [-0.1, -0.05) is 5.57 Å². The van der Waals surface area contributed by atoms with Crippen LogP contribution in [0, 0.1) is 6.92 Å². The molecule has 16 heavy (non-hydrogen) atoms. The Labute approximate surface area is 98.5 Å². The number of hydrogen-bond acceptors (Lipinski definition) is 2. The molecule has 0 spiro atoms. The molecule has 0 aromatic carbocycles. The number of nitrogens with zero attached hydrogens (tertiary/aromatic N) is 2. The van der Waals surface area contributed by atoms with Gasteiger partial charge in [-0.15, -0.1) is 6.58 Å². The van der Waals surface area contributed by atoms with Crippen LogP contribution < -0.4 is 5.32 Å². The van der Waals surface area contributed by atoms with Gasteiger partial charge in [0.25, 0.3) is 0 Å². The molecular weight excluding hydrogens is 198 g/mol. The van der Waals surface area contributed by atoms with Crippen LogP contribution in [-0.2, 0) is 6.54 Å². The smallest absolute Gasteiger partial charge is 0.0597 e. The van der Waals surface area contributed by atoms with Crippen molar-refractivity contribution in [1.29, 1.82) is 0 Å². The third-order valence-electron chi connectivity index (χ3n) is 2.80. The van der Waals surface area contributed by atoms with Crippen molar-refractivity contribution in [3.05, 3.63) is 29.6 Å². The SMILES string of the molecule is C=C(C)CCC(NC)c1cc(C)nn1CC. The zero-order valence-electron chi connectivity index (χ0n) is 10.9. The highest BCUT2D eigenvalue weighted by atomic mass is 15.3. The first-order valence-corrected chi connectivity index (χ1v) is 5.94. The third-order valence-corrected chi connectivity index (χ3v) is 2.80. The van der Waals surface area contributed by atoms with E-state index in [4.69, 9.17) is 0 Å². The summed E-state index contributed by atoms with van der Waals surface area (Å²) in [7, 11) is 2.01. The minimum atomic E-state index is 0.373. The van der Waals surface area contributed by atoms with E-state index in [1.54, 1.807) is 0 Å². The molecule has 1 atom stereocenters. The first-order valence-electron chi connectivity index (χ1n) is 5.94. The molecule has 90 valence electrons. The Balaban J connectivity index is 2.80. The van der Waals surface area contributed by atoms with E-state index in [0.29, 0.717) is 6.04 Å². The molecule has 0 fully saturated rings. The summed E-state index contributed by atoms with van der Waals surface area (Å²) < 4.78 is 2.08. The molecule has 0 saturated heterocycles. The van der Waals surface area contributed by atoms with Crippen LogP contribution >= 0.6 is 0 Å². The maximum absolute atomic E-state index is 4.48. The summed E-state index contributed by atoms with van der Waals surface area (Å²) in [6.07, 6.45) is 2.14. The number of aromatic nitrogens is 2. The summed E-state index contributed by atoms with van der Waals surface area (Å²) in [4.78, 5) is 0. The Morgan fingerprint density at radius 3 is 2.81 bits per heavy atom. The van der Waals surface area contributed by atoms with Crippen LogP contribution in [0.25, 0.3) is 0 Å². The Bertz CT molecular complexity index is 352. The van der Waals surface area contributed by atoms with Gasteiger partial charge in [0.15, 0.2) is 0 Å². The molecule has 0 amide bonds. The van der Waals surface area contributed by atoms with Crippen molar-refractivity contribution >= 4 is 0 Å². The van der Waals surface area contributed by atoms with Gasteiger partial charge < -0.3 is 5.32 Å². The molecule has 0 aliphatic rings. The minimum absolute atomic E-state index is 0.373. The van der Waals surface area contributed by atoms with Crippen molar-refractivity contribution in [2.24, 2.45) is 0 Å². The van der Waals surface area contributed by atoms with Crippen LogP contribution in [0.1, 0.15) is 44.1 Å². The predicted molar refractivity (Wildman–Crippen MR) is 68.5 cm³/mol. The van der Waals surface area contributed by atoms with Crippen molar-refractivity contribution < 1.29 is 0 Å². The molecular formula is C13H23N3. The van der Waals surface area contributed by atoms with E-state index < -0.39 is 0 Å². The average molecular weight is 221 g/mol. The Kier molecular flexibility index (Phi) is 4.74. The van der Waals surface area contributed by atoms with Gasteiger partial charge in [-0.25, -0.2) is 0 Å². The maximum atomic E-state index is 4.48. The van der Waals surface area contributed by atoms with Crippen LogP contribution in [0.5, 0.6) is 0 Å². The first-order chi connectivity index (χ1) is 7.58. The highest BCUT2D eigenvalue weighted by molar-refractivity contribution is 5.13.